The second-order valence-electron chi connectivity index (χ2n) is 9.39. The van der Waals surface area contributed by atoms with E-state index >= 15 is 0 Å². The van der Waals surface area contributed by atoms with E-state index in [1.54, 1.807) is 0 Å². The SMILES string of the molecule is CC(=O)Nc1ccc(C(=O)Nc2cc(C3(C(N)=O)C(c4ccc(F)c(C(F)(F)F)c4)C3(Cl)Cl)ccc2Cl)c(C)c1F. The number of carbonyl (C=O) groups excluding carboxylic acids is 3. The highest BCUT2D eigenvalue weighted by atomic mass is 35.5. The molecule has 4 N–H and O–H groups in total. The van der Waals surface area contributed by atoms with Crippen LogP contribution in [-0.4, -0.2) is 22.1 Å². The number of alkyl halides is 5. The second-order valence-corrected chi connectivity index (χ2v) is 11.2. The predicted molar refractivity (Wildman–Crippen MR) is 144 cm³/mol. The molecule has 4 rings (SSSR count). The van der Waals surface area contributed by atoms with Gasteiger partial charge in [0.25, 0.3) is 5.91 Å². The molecule has 3 amide bonds. The molecule has 1 aliphatic carbocycles. The van der Waals surface area contributed by atoms with Crippen LogP contribution in [-0.2, 0) is 21.2 Å². The van der Waals surface area contributed by atoms with Crippen LogP contribution in [0.2, 0.25) is 5.02 Å². The number of rotatable bonds is 6. The third kappa shape index (κ3) is 5.11. The Bertz CT molecular complexity index is 1610. The largest absolute Gasteiger partial charge is 0.419 e. The third-order valence-electron chi connectivity index (χ3n) is 6.87. The number of nitrogens with two attached hydrogens (primary N) is 1. The Morgan fingerprint density at radius 1 is 0.951 bits per heavy atom. The molecule has 0 heterocycles. The summed E-state index contributed by atoms with van der Waals surface area (Å²) < 4.78 is 66.7. The lowest BCUT2D eigenvalue weighted by molar-refractivity contribution is -0.140. The van der Waals surface area contributed by atoms with E-state index in [1.165, 1.54) is 44.2 Å². The molecule has 6 nitrogen and oxygen atoms in total. The van der Waals surface area contributed by atoms with E-state index in [1.807, 2.05) is 0 Å². The fourth-order valence-corrected chi connectivity index (χ4v) is 6.14. The minimum absolute atomic E-state index is 0.00138. The van der Waals surface area contributed by atoms with Crippen molar-refractivity contribution >= 4 is 63.9 Å². The van der Waals surface area contributed by atoms with E-state index in [-0.39, 0.29) is 38.7 Å². The van der Waals surface area contributed by atoms with Gasteiger partial charge in [-0.1, -0.05) is 46.9 Å². The number of primary amides is 1. The van der Waals surface area contributed by atoms with Crippen LogP contribution >= 0.6 is 34.8 Å². The molecule has 0 saturated heterocycles. The lowest BCUT2D eigenvalue weighted by Crippen LogP contribution is -2.34. The van der Waals surface area contributed by atoms with Crippen molar-refractivity contribution in [2.45, 2.75) is 35.7 Å². The molecule has 0 aliphatic heterocycles. The maximum Gasteiger partial charge on any atom is 0.419 e. The number of halogens is 8. The zero-order valence-corrected chi connectivity index (χ0v) is 23.3. The number of nitrogens with one attached hydrogen (secondary N) is 2. The van der Waals surface area contributed by atoms with Crippen molar-refractivity contribution in [3.05, 3.63) is 93.0 Å². The molecule has 41 heavy (non-hydrogen) atoms. The summed E-state index contributed by atoms with van der Waals surface area (Å²) in [4.78, 5) is 37.2. The van der Waals surface area contributed by atoms with Crippen LogP contribution < -0.4 is 16.4 Å². The van der Waals surface area contributed by atoms with Crippen LogP contribution in [0.1, 0.15) is 45.5 Å². The van der Waals surface area contributed by atoms with E-state index in [0.717, 1.165) is 6.07 Å². The van der Waals surface area contributed by atoms with Gasteiger partial charge in [-0.2, -0.15) is 13.2 Å². The van der Waals surface area contributed by atoms with Gasteiger partial charge in [-0.25, -0.2) is 8.78 Å². The molecule has 14 heteroatoms. The quantitative estimate of drug-likeness (QED) is 0.204. The van der Waals surface area contributed by atoms with Gasteiger partial charge in [-0.05, 0) is 60.0 Å². The lowest BCUT2D eigenvalue weighted by atomic mass is 9.89. The highest BCUT2D eigenvalue weighted by molar-refractivity contribution is 6.55. The van der Waals surface area contributed by atoms with Gasteiger partial charge >= 0.3 is 6.18 Å². The van der Waals surface area contributed by atoms with Crippen LogP contribution in [0.4, 0.5) is 33.3 Å². The Kier molecular flexibility index (Phi) is 7.79. The summed E-state index contributed by atoms with van der Waals surface area (Å²) in [7, 11) is 0. The maximum absolute atomic E-state index is 14.7. The molecular formula is C27H19Cl3F5N3O3. The van der Waals surface area contributed by atoms with Crippen LogP contribution in [0.3, 0.4) is 0 Å². The first-order valence-corrected chi connectivity index (χ1v) is 12.8. The average Bonchev–Trinajstić information content (AvgIpc) is 3.39. The monoisotopic (exact) mass is 633 g/mol. The minimum Gasteiger partial charge on any atom is -0.369 e. The van der Waals surface area contributed by atoms with Gasteiger partial charge in [-0.15, -0.1) is 0 Å². The molecule has 0 aromatic heterocycles. The van der Waals surface area contributed by atoms with Gasteiger partial charge in [0.1, 0.15) is 21.4 Å². The Morgan fingerprint density at radius 2 is 1.61 bits per heavy atom. The Hall–Kier alpha value is -3.41. The van der Waals surface area contributed by atoms with E-state index in [0.29, 0.717) is 12.1 Å². The predicted octanol–water partition coefficient (Wildman–Crippen LogP) is 6.85. The molecule has 0 spiro atoms. The molecule has 0 radical (unpaired) electrons. The maximum atomic E-state index is 14.7. The zero-order chi connectivity index (χ0) is 30.7. The van der Waals surface area contributed by atoms with E-state index in [9.17, 15) is 36.3 Å². The number of anilines is 2. The summed E-state index contributed by atoms with van der Waals surface area (Å²) >= 11 is 19.2. The highest BCUT2D eigenvalue weighted by Gasteiger charge is 2.81. The normalized spacial score (nSPS) is 19.4. The lowest BCUT2D eigenvalue weighted by Gasteiger charge is -2.18. The van der Waals surface area contributed by atoms with Crippen molar-refractivity contribution in [2.75, 3.05) is 10.6 Å². The minimum atomic E-state index is -5.04. The summed E-state index contributed by atoms with van der Waals surface area (Å²) in [5, 5.41) is 4.77. The summed E-state index contributed by atoms with van der Waals surface area (Å²) in [6.07, 6.45) is -5.04. The van der Waals surface area contributed by atoms with Gasteiger partial charge in [0, 0.05) is 18.4 Å². The number of benzene rings is 3. The van der Waals surface area contributed by atoms with E-state index in [4.69, 9.17) is 40.5 Å². The first kappa shape index (κ1) is 30.5. The van der Waals surface area contributed by atoms with Gasteiger partial charge in [-0.3, -0.25) is 14.4 Å². The summed E-state index contributed by atoms with van der Waals surface area (Å²) in [5.41, 5.74) is 1.50. The summed E-state index contributed by atoms with van der Waals surface area (Å²) in [5.74, 6) is -6.14. The van der Waals surface area contributed by atoms with E-state index in [2.05, 4.69) is 10.6 Å². The molecule has 1 fully saturated rings. The van der Waals surface area contributed by atoms with E-state index < -0.39 is 56.8 Å². The van der Waals surface area contributed by atoms with Crippen molar-refractivity contribution in [1.29, 1.82) is 0 Å². The first-order chi connectivity index (χ1) is 18.9. The molecular weight excluding hydrogens is 616 g/mol. The molecule has 3 aromatic rings. The number of carbonyl (C=O) groups is 3. The first-order valence-electron chi connectivity index (χ1n) is 11.7. The molecule has 3 aromatic carbocycles. The molecule has 1 aliphatic rings. The van der Waals surface area contributed by atoms with Gasteiger partial charge in [0.15, 0.2) is 0 Å². The van der Waals surface area contributed by atoms with Crippen molar-refractivity contribution in [3.8, 4) is 0 Å². The Balaban J connectivity index is 1.74. The number of hydrogen-bond acceptors (Lipinski definition) is 3. The van der Waals surface area contributed by atoms with Crippen molar-refractivity contribution in [1.82, 2.24) is 0 Å². The highest BCUT2D eigenvalue weighted by Crippen LogP contribution is 2.74. The number of hydrogen-bond donors (Lipinski definition) is 3. The fraction of sp³-hybridized carbons (Fsp3) is 0.222. The smallest absolute Gasteiger partial charge is 0.369 e. The summed E-state index contributed by atoms with van der Waals surface area (Å²) in [6.45, 7) is 2.51. The van der Waals surface area contributed by atoms with Crippen LogP contribution in [0.5, 0.6) is 0 Å². The standard InChI is InChI=1S/C27H19Cl3F5N3O3/c1-11-15(5-8-19(21(11)32)37-12(2)39)23(40)38-20-10-14(4-6-17(20)28)25(24(36)41)22(26(25,29)30)13-3-7-18(31)16(9-13)27(33,34)35/h3-10,22H,1-2H3,(H2,36,41)(H,37,39)(H,38,40). The van der Waals surface area contributed by atoms with Gasteiger partial charge in [0.05, 0.1) is 22.0 Å². The Morgan fingerprint density at radius 3 is 2.20 bits per heavy atom. The van der Waals surface area contributed by atoms with Crippen LogP contribution in [0.25, 0.3) is 0 Å². The van der Waals surface area contributed by atoms with Gasteiger partial charge < -0.3 is 16.4 Å². The zero-order valence-electron chi connectivity index (χ0n) is 21.0. The molecule has 2 atom stereocenters. The van der Waals surface area contributed by atoms with Gasteiger partial charge in [0.2, 0.25) is 11.8 Å². The average molecular weight is 635 g/mol. The topological polar surface area (TPSA) is 101 Å². The van der Waals surface area contributed by atoms with Crippen LogP contribution in [0.15, 0.2) is 48.5 Å². The van der Waals surface area contributed by atoms with Crippen molar-refractivity contribution in [3.63, 3.8) is 0 Å². The number of amides is 3. The summed E-state index contributed by atoms with van der Waals surface area (Å²) in [6, 6.07) is 8.37. The molecule has 0 bridgehead atoms. The fourth-order valence-electron chi connectivity index (χ4n) is 4.88. The molecule has 1 saturated carbocycles. The Labute approximate surface area is 244 Å². The van der Waals surface area contributed by atoms with Crippen LogP contribution in [0, 0.1) is 18.6 Å². The molecule has 216 valence electrons. The second kappa shape index (κ2) is 10.5. The molecule has 2 unspecified atom stereocenters. The van der Waals surface area contributed by atoms with Crippen molar-refractivity contribution < 1.29 is 36.3 Å². The van der Waals surface area contributed by atoms with Crippen molar-refractivity contribution in [2.24, 2.45) is 5.73 Å². The third-order valence-corrected chi connectivity index (χ3v) is 8.23.